The van der Waals surface area contributed by atoms with Crippen LogP contribution < -0.4 is 5.32 Å². The molecule has 184 valence electrons. The van der Waals surface area contributed by atoms with Crippen molar-refractivity contribution in [3.63, 3.8) is 0 Å². The summed E-state index contributed by atoms with van der Waals surface area (Å²) < 4.78 is 5.29. The number of non-ortho nitro benzene ring substituents is 2. The third-order valence-electron chi connectivity index (χ3n) is 7.97. The molecule has 1 amide bonds. The first-order valence-corrected chi connectivity index (χ1v) is 10.9. The minimum atomic E-state index is -1.06. The van der Waals surface area contributed by atoms with Crippen molar-refractivity contribution in [2.45, 2.75) is 46.6 Å². The highest BCUT2D eigenvalue weighted by molar-refractivity contribution is 6.02. The van der Waals surface area contributed by atoms with Crippen LogP contribution in [0.4, 0.5) is 11.4 Å². The molecular weight excluding hydrogens is 460 g/mol. The minimum absolute atomic E-state index is 0.145. The molecule has 2 aromatic rings. The fourth-order valence-corrected chi connectivity index (χ4v) is 5.35. The van der Waals surface area contributed by atoms with Gasteiger partial charge >= 0.3 is 5.97 Å². The summed E-state index contributed by atoms with van der Waals surface area (Å²) in [5, 5.41) is 29.2. The van der Waals surface area contributed by atoms with Crippen molar-refractivity contribution in [2.24, 2.45) is 21.4 Å². The van der Waals surface area contributed by atoms with E-state index in [0.717, 1.165) is 18.2 Å². The maximum atomic E-state index is 13.3. The van der Waals surface area contributed by atoms with Crippen LogP contribution in [0.2, 0.25) is 0 Å². The molecule has 4 rings (SSSR count). The van der Waals surface area contributed by atoms with Crippen LogP contribution in [0.3, 0.4) is 0 Å². The van der Waals surface area contributed by atoms with Gasteiger partial charge in [0.05, 0.1) is 45.4 Å². The summed E-state index contributed by atoms with van der Waals surface area (Å²) >= 11 is 0. The Kier molecular flexibility index (Phi) is 5.70. The molecule has 0 spiro atoms. The lowest BCUT2D eigenvalue weighted by Gasteiger charge is -2.39. The van der Waals surface area contributed by atoms with Crippen LogP contribution in [0.5, 0.6) is 0 Å². The van der Waals surface area contributed by atoms with Crippen LogP contribution in [0.1, 0.15) is 56.2 Å². The molecule has 0 radical (unpaired) electrons. The van der Waals surface area contributed by atoms with Gasteiger partial charge in [0.2, 0.25) is 5.91 Å². The van der Waals surface area contributed by atoms with Gasteiger partial charge < -0.3 is 14.6 Å². The van der Waals surface area contributed by atoms with Crippen LogP contribution in [0.15, 0.2) is 46.2 Å². The number of carbonyl (C=O) groups is 2. The quantitative estimate of drug-likeness (QED) is 0.347. The van der Waals surface area contributed by atoms with Gasteiger partial charge in [-0.05, 0) is 30.4 Å². The average molecular weight is 484 g/mol. The van der Waals surface area contributed by atoms with E-state index in [1.54, 1.807) is 12.1 Å². The van der Waals surface area contributed by atoms with Gasteiger partial charge in [0, 0.05) is 24.0 Å². The Balaban J connectivity index is 1.57. The highest BCUT2D eigenvalue weighted by Crippen LogP contribution is 2.71. The lowest BCUT2D eigenvalue weighted by molar-refractivity contribution is -0.394. The number of carbonyl (C=O) groups excluding carboxylic acids is 2. The fourth-order valence-electron chi connectivity index (χ4n) is 5.35. The first kappa shape index (κ1) is 24.0. The molecule has 35 heavy (non-hydrogen) atoms. The van der Waals surface area contributed by atoms with E-state index in [1.165, 1.54) is 6.26 Å². The minimum Gasteiger partial charge on any atom is -0.467 e. The lowest BCUT2D eigenvalue weighted by Crippen LogP contribution is -2.46. The van der Waals surface area contributed by atoms with Gasteiger partial charge in [0.15, 0.2) is 0 Å². The van der Waals surface area contributed by atoms with Crippen molar-refractivity contribution in [2.75, 3.05) is 0 Å². The van der Waals surface area contributed by atoms with Gasteiger partial charge in [-0.1, -0.05) is 25.9 Å². The summed E-state index contributed by atoms with van der Waals surface area (Å²) in [5.41, 5.74) is -2.89. The molecule has 2 atom stereocenters. The van der Waals surface area contributed by atoms with Gasteiger partial charge in [-0.15, -0.1) is 0 Å². The average Bonchev–Trinajstić information content (AvgIpc) is 3.45. The summed E-state index contributed by atoms with van der Waals surface area (Å²) in [7, 11) is 0. The fraction of sp³-hybridized carbons (Fsp3) is 0.435. The maximum Gasteiger partial charge on any atom is 0.366 e. The zero-order chi connectivity index (χ0) is 25.6. The first-order valence-electron chi connectivity index (χ1n) is 10.9. The number of rotatable bonds is 7. The molecule has 1 aromatic carbocycles. The van der Waals surface area contributed by atoms with Gasteiger partial charge in [-0.25, -0.2) is 4.79 Å². The molecule has 12 heteroatoms. The van der Waals surface area contributed by atoms with E-state index in [0.29, 0.717) is 24.3 Å². The molecule has 2 saturated carbocycles. The molecule has 0 saturated heterocycles. The summed E-state index contributed by atoms with van der Waals surface area (Å²) in [6.07, 6.45) is 3.07. The van der Waals surface area contributed by atoms with Crippen LogP contribution in [-0.2, 0) is 16.2 Å². The number of hydrogen-bond donors (Lipinski definition) is 1. The van der Waals surface area contributed by atoms with Gasteiger partial charge in [-0.2, -0.15) is 0 Å². The van der Waals surface area contributed by atoms with Crippen molar-refractivity contribution >= 4 is 29.0 Å². The summed E-state index contributed by atoms with van der Waals surface area (Å²) in [6, 6.07) is 6.05. The third kappa shape index (κ3) is 3.74. The van der Waals surface area contributed by atoms with Crippen molar-refractivity contribution in [3.05, 3.63) is 68.1 Å². The topological polar surface area (TPSA) is 167 Å². The second kappa shape index (κ2) is 8.29. The normalized spacial score (nSPS) is 25.4. The number of nitrogens with one attached hydrogen (secondary N) is 1. The lowest BCUT2D eigenvalue weighted by atomic mass is 9.64. The maximum absolute atomic E-state index is 13.3. The third-order valence-corrected chi connectivity index (χ3v) is 7.97. The van der Waals surface area contributed by atoms with E-state index in [1.807, 2.05) is 20.8 Å². The molecule has 1 aromatic heterocycles. The number of nitrogens with zero attached hydrogens (tertiary/aromatic N) is 3. The van der Waals surface area contributed by atoms with E-state index < -0.39 is 43.4 Å². The molecule has 1 heterocycles. The number of amides is 1. The molecule has 0 aliphatic heterocycles. The number of furan rings is 1. The van der Waals surface area contributed by atoms with E-state index in [4.69, 9.17) is 9.25 Å². The van der Waals surface area contributed by atoms with Crippen LogP contribution in [-0.4, -0.2) is 27.4 Å². The number of oxime groups is 1. The van der Waals surface area contributed by atoms with Crippen LogP contribution in [0.25, 0.3) is 0 Å². The zero-order valence-electron chi connectivity index (χ0n) is 19.4. The predicted molar refractivity (Wildman–Crippen MR) is 121 cm³/mol. The number of nitro benzene ring substituents is 2. The number of hydrogen-bond acceptors (Lipinski definition) is 9. The molecular formula is C23H24N4O8. The van der Waals surface area contributed by atoms with E-state index in [-0.39, 0.29) is 24.4 Å². The standard InChI is InChI=1S/C23H24N4O8/c1-21(2)22(3)6-7-23(21,20(29)24-13-17-5-4-8-34-17)12-18(22)25-35-19(28)14-9-15(26(30)31)11-16(10-14)27(32)33/h4-5,8-11H,6-7,12-13H2,1-3H3,(H,24,29). The summed E-state index contributed by atoms with van der Waals surface area (Å²) in [5.74, 6) is -0.585. The van der Waals surface area contributed by atoms with Crippen LogP contribution in [0, 0.1) is 36.5 Å². The number of benzene rings is 1. The molecule has 2 aliphatic rings. The van der Waals surface area contributed by atoms with Crippen molar-refractivity contribution in [1.82, 2.24) is 5.32 Å². The second-order valence-electron chi connectivity index (χ2n) is 9.65. The highest BCUT2D eigenvalue weighted by atomic mass is 16.7. The number of fused-ring (bicyclic) bond motifs is 2. The molecule has 2 fully saturated rings. The molecule has 2 bridgehead atoms. The van der Waals surface area contributed by atoms with Crippen molar-refractivity contribution < 1.29 is 28.7 Å². The van der Waals surface area contributed by atoms with Crippen LogP contribution >= 0.6 is 0 Å². The van der Waals surface area contributed by atoms with Crippen molar-refractivity contribution in [1.29, 1.82) is 0 Å². The predicted octanol–water partition coefficient (Wildman–Crippen LogP) is 4.14. The largest absolute Gasteiger partial charge is 0.467 e. The smallest absolute Gasteiger partial charge is 0.366 e. The van der Waals surface area contributed by atoms with Crippen molar-refractivity contribution in [3.8, 4) is 0 Å². The van der Waals surface area contributed by atoms with E-state index in [9.17, 15) is 29.8 Å². The monoisotopic (exact) mass is 484 g/mol. The Hall–Kier alpha value is -4.09. The Morgan fingerprint density at radius 1 is 1.11 bits per heavy atom. The van der Waals surface area contributed by atoms with Gasteiger partial charge in [0.25, 0.3) is 11.4 Å². The summed E-state index contributed by atoms with van der Waals surface area (Å²) in [4.78, 5) is 51.6. The Morgan fingerprint density at radius 2 is 1.77 bits per heavy atom. The Morgan fingerprint density at radius 3 is 2.34 bits per heavy atom. The van der Waals surface area contributed by atoms with Gasteiger partial charge in [-0.3, -0.25) is 25.0 Å². The highest BCUT2D eigenvalue weighted by Gasteiger charge is 2.71. The molecule has 1 N–H and O–H groups in total. The first-order chi connectivity index (χ1) is 16.4. The van der Waals surface area contributed by atoms with Gasteiger partial charge in [0.1, 0.15) is 5.76 Å². The molecule has 2 unspecified atom stereocenters. The Labute approximate surface area is 199 Å². The second-order valence-corrected chi connectivity index (χ2v) is 9.65. The number of nitro groups is 2. The Bertz CT molecular complexity index is 1220. The SMILES string of the molecule is CC12CCC(C(=O)NCc3ccco3)(CC1=NOC(=O)c1cc([N+](=O)[O-])cc([N+](=O)[O-])c1)C2(C)C. The molecule has 12 nitrogen and oxygen atoms in total. The summed E-state index contributed by atoms with van der Waals surface area (Å²) in [6.45, 7) is 6.18. The van der Waals surface area contributed by atoms with E-state index >= 15 is 0 Å². The molecule has 2 aliphatic carbocycles. The zero-order valence-corrected chi connectivity index (χ0v) is 19.4. The van der Waals surface area contributed by atoms with E-state index in [2.05, 4.69) is 10.5 Å².